The first-order chi connectivity index (χ1) is 8.56. The summed E-state index contributed by atoms with van der Waals surface area (Å²) in [4.78, 5) is 22.5. The highest BCUT2D eigenvalue weighted by Crippen LogP contribution is 2.20. The number of carbonyl (C=O) groups excluding carboxylic acids is 1. The van der Waals surface area contributed by atoms with Gasteiger partial charge in [0.25, 0.3) is 0 Å². The van der Waals surface area contributed by atoms with Crippen LogP contribution in [0.15, 0.2) is 12.2 Å². The Labute approximate surface area is 105 Å². The number of carboxylic acid groups (broad SMARTS) is 1. The summed E-state index contributed by atoms with van der Waals surface area (Å²) in [5.41, 5.74) is 5.68. The third-order valence-electron chi connectivity index (χ3n) is 3.34. The Morgan fingerprint density at radius 1 is 1.39 bits per heavy atom. The van der Waals surface area contributed by atoms with E-state index in [1.807, 2.05) is 12.2 Å². The largest absolute Gasteiger partial charge is 0.479 e. The van der Waals surface area contributed by atoms with Crippen LogP contribution in [0.25, 0.3) is 0 Å². The van der Waals surface area contributed by atoms with E-state index in [1.54, 1.807) is 0 Å². The van der Waals surface area contributed by atoms with Crippen LogP contribution < -0.4 is 11.1 Å². The van der Waals surface area contributed by atoms with Crippen molar-refractivity contribution in [2.75, 3.05) is 6.54 Å². The van der Waals surface area contributed by atoms with Gasteiger partial charge in [-0.25, -0.2) is 4.79 Å². The summed E-state index contributed by atoms with van der Waals surface area (Å²) in [6, 6.07) is -0.0418. The first-order valence-corrected chi connectivity index (χ1v) is 6.16. The van der Waals surface area contributed by atoms with E-state index in [-0.39, 0.29) is 24.0 Å². The van der Waals surface area contributed by atoms with Crippen molar-refractivity contribution in [2.45, 2.75) is 37.5 Å². The summed E-state index contributed by atoms with van der Waals surface area (Å²) in [6.07, 6.45) is 4.52. The molecule has 0 aromatic rings. The summed E-state index contributed by atoms with van der Waals surface area (Å²) in [7, 11) is 0. The number of aliphatic carboxylic acids is 1. The van der Waals surface area contributed by atoms with Crippen LogP contribution in [0, 0.1) is 5.92 Å². The number of ether oxygens (including phenoxy) is 1. The molecule has 6 nitrogen and oxygen atoms in total. The lowest BCUT2D eigenvalue weighted by molar-refractivity contribution is -0.149. The molecule has 1 heterocycles. The van der Waals surface area contributed by atoms with Crippen molar-refractivity contribution in [3.8, 4) is 0 Å². The fraction of sp³-hybridized carbons (Fsp3) is 0.667. The molecule has 2 aliphatic rings. The first kappa shape index (κ1) is 13.0. The van der Waals surface area contributed by atoms with Gasteiger partial charge in [-0.2, -0.15) is 0 Å². The third kappa shape index (κ3) is 3.08. The molecule has 0 aromatic heterocycles. The minimum absolute atomic E-state index is 0.0418. The highest BCUT2D eigenvalue weighted by molar-refractivity contribution is 5.81. The van der Waals surface area contributed by atoms with Crippen LogP contribution in [0.1, 0.15) is 19.3 Å². The van der Waals surface area contributed by atoms with Gasteiger partial charge in [-0.05, 0) is 19.3 Å². The average Bonchev–Trinajstić information content (AvgIpc) is 2.94. The Morgan fingerprint density at radius 3 is 2.72 bits per heavy atom. The smallest absolute Gasteiger partial charge is 0.332 e. The van der Waals surface area contributed by atoms with Crippen LogP contribution in [-0.4, -0.2) is 41.8 Å². The molecule has 1 aliphatic heterocycles. The molecule has 1 amide bonds. The Hall–Kier alpha value is -1.40. The second-order valence-corrected chi connectivity index (χ2v) is 4.80. The molecule has 4 N–H and O–H groups in total. The quantitative estimate of drug-likeness (QED) is 0.595. The number of nitrogens with one attached hydrogen (secondary N) is 1. The van der Waals surface area contributed by atoms with Gasteiger partial charge < -0.3 is 20.9 Å². The zero-order chi connectivity index (χ0) is 13.1. The normalized spacial score (nSPS) is 34.7. The Kier molecular flexibility index (Phi) is 3.98. The van der Waals surface area contributed by atoms with Crippen molar-refractivity contribution in [1.29, 1.82) is 0 Å². The molecular formula is C12H18N2O4. The van der Waals surface area contributed by atoms with E-state index >= 15 is 0 Å². The van der Waals surface area contributed by atoms with Crippen LogP contribution in [0.3, 0.4) is 0 Å². The van der Waals surface area contributed by atoms with Gasteiger partial charge in [-0.3, -0.25) is 4.79 Å². The maximum Gasteiger partial charge on any atom is 0.332 e. The van der Waals surface area contributed by atoms with Gasteiger partial charge in [0.05, 0.1) is 12.0 Å². The molecule has 0 spiro atoms. The Bertz CT molecular complexity index is 369. The zero-order valence-corrected chi connectivity index (χ0v) is 10.0. The summed E-state index contributed by atoms with van der Waals surface area (Å²) < 4.78 is 5.30. The molecular weight excluding hydrogens is 236 g/mol. The lowest BCUT2D eigenvalue weighted by Gasteiger charge is -2.14. The molecule has 0 saturated carbocycles. The van der Waals surface area contributed by atoms with Crippen LogP contribution in [0.5, 0.6) is 0 Å². The number of rotatable bonds is 4. The first-order valence-electron chi connectivity index (χ1n) is 6.16. The van der Waals surface area contributed by atoms with Gasteiger partial charge >= 0.3 is 5.97 Å². The fourth-order valence-corrected chi connectivity index (χ4v) is 2.30. The van der Waals surface area contributed by atoms with E-state index in [9.17, 15) is 9.59 Å². The molecule has 0 aromatic carbocycles. The molecule has 1 aliphatic carbocycles. The van der Waals surface area contributed by atoms with E-state index in [4.69, 9.17) is 15.6 Å². The maximum atomic E-state index is 11.8. The lowest BCUT2D eigenvalue weighted by Crippen LogP contribution is -2.36. The number of amides is 1. The van der Waals surface area contributed by atoms with Gasteiger partial charge in [0.15, 0.2) is 6.10 Å². The topological polar surface area (TPSA) is 102 Å². The number of carboxylic acids is 1. The van der Waals surface area contributed by atoms with Crippen molar-refractivity contribution < 1.29 is 19.4 Å². The summed E-state index contributed by atoms with van der Waals surface area (Å²) >= 11 is 0. The van der Waals surface area contributed by atoms with Crippen molar-refractivity contribution in [2.24, 2.45) is 11.7 Å². The molecule has 0 bridgehead atoms. The monoisotopic (exact) mass is 254 g/mol. The van der Waals surface area contributed by atoms with Crippen molar-refractivity contribution in [3.63, 3.8) is 0 Å². The SMILES string of the molecule is NC1C=CC(C(=O)NCC2CCC(C(=O)O)O2)C1. The van der Waals surface area contributed by atoms with E-state index in [1.165, 1.54) is 0 Å². The van der Waals surface area contributed by atoms with E-state index in [2.05, 4.69) is 5.32 Å². The average molecular weight is 254 g/mol. The number of carbonyl (C=O) groups is 2. The molecule has 100 valence electrons. The van der Waals surface area contributed by atoms with Gasteiger partial charge in [0.2, 0.25) is 5.91 Å². The van der Waals surface area contributed by atoms with Crippen molar-refractivity contribution >= 4 is 11.9 Å². The van der Waals surface area contributed by atoms with E-state index in [0.717, 1.165) is 0 Å². The number of nitrogens with two attached hydrogens (primary N) is 1. The number of hydrogen-bond donors (Lipinski definition) is 3. The maximum absolute atomic E-state index is 11.8. The van der Waals surface area contributed by atoms with Gasteiger partial charge in [-0.1, -0.05) is 12.2 Å². The minimum Gasteiger partial charge on any atom is -0.479 e. The molecule has 4 unspecified atom stereocenters. The molecule has 6 heteroatoms. The van der Waals surface area contributed by atoms with Crippen LogP contribution in [0.4, 0.5) is 0 Å². The molecule has 1 fully saturated rings. The summed E-state index contributed by atoms with van der Waals surface area (Å²) in [5.74, 6) is -1.17. The molecule has 4 atom stereocenters. The minimum atomic E-state index is -0.937. The van der Waals surface area contributed by atoms with Gasteiger partial charge in [0, 0.05) is 12.6 Å². The Morgan fingerprint density at radius 2 is 2.17 bits per heavy atom. The van der Waals surface area contributed by atoms with Crippen LogP contribution in [0.2, 0.25) is 0 Å². The van der Waals surface area contributed by atoms with Gasteiger partial charge in [-0.15, -0.1) is 0 Å². The van der Waals surface area contributed by atoms with Crippen molar-refractivity contribution in [3.05, 3.63) is 12.2 Å². The molecule has 1 saturated heterocycles. The second-order valence-electron chi connectivity index (χ2n) is 4.80. The van der Waals surface area contributed by atoms with Crippen LogP contribution in [-0.2, 0) is 14.3 Å². The molecule has 0 radical (unpaired) electrons. The zero-order valence-electron chi connectivity index (χ0n) is 10.0. The predicted octanol–water partition coefficient (Wildman–Crippen LogP) is -0.362. The highest BCUT2D eigenvalue weighted by atomic mass is 16.5. The standard InChI is InChI=1S/C12H18N2O4/c13-8-2-1-7(5-8)11(15)14-6-9-3-4-10(18-9)12(16)17/h1-2,7-10H,3-6,13H2,(H,14,15)(H,16,17). The fourth-order valence-electron chi connectivity index (χ4n) is 2.30. The van der Waals surface area contributed by atoms with E-state index < -0.39 is 12.1 Å². The second kappa shape index (κ2) is 5.49. The lowest BCUT2D eigenvalue weighted by atomic mass is 10.1. The summed E-state index contributed by atoms with van der Waals surface area (Å²) in [5, 5.41) is 11.6. The predicted molar refractivity (Wildman–Crippen MR) is 63.8 cm³/mol. The van der Waals surface area contributed by atoms with Crippen LogP contribution >= 0.6 is 0 Å². The number of hydrogen-bond acceptors (Lipinski definition) is 4. The molecule has 18 heavy (non-hydrogen) atoms. The van der Waals surface area contributed by atoms with E-state index in [0.29, 0.717) is 25.8 Å². The third-order valence-corrected chi connectivity index (χ3v) is 3.34. The van der Waals surface area contributed by atoms with Crippen molar-refractivity contribution in [1.82, 2.24) is 5.32 Å². The highest BCUT2D eigenvalue weighted by Gasteiger charge is 2.31. The Balaban J connectivity index is 1.71. The van der Waals surface area contributed by atoms with Gasteiger partial charge in [0.1, 0.15) is 0 Å². The molecule has 2 rings (SSSR count). The summed E-state index contributed by atoms with van der Waals surface area (Å²) in [6.45, 7) is 0.363.